The van der Waals surface area contributed by atoms with Crippen LogP contribution in [-0.2, 0) is 0 Å². The van der Waals surface area contributed by atoms with Crippen LogP contribution in [0.3, 0.4) is 0 Å². The van der Waals surface area contributed by atoms with Crippen molar-refractivity contribution in [3.05, 3.63) is 37.0 Å². The van der Waals surface area contributed by atoms with E-state index >= 15 is 0 Å². The number of allylic oxidation sites excluding steroid dienone is 4. The highest BCUT2D eigenvalue weighted by Crippen LogP contribution is 2.37. The van der Waals surface area contributed by atoms with Crippen molar-refractivity contribution in [3.63, 3.8) is 0 Å². The molecule has 1 unspecified atom stereocenters. The first kappa shape index (κ1) is 20.2. The number of hydrogen-bond donors (Lipinski definition) is 0. The third-order valence-electron chi connectivity index (χ3n) is 4.05. The summed E-state index contributed by atoms with van der Waals surface area (Å²) < 4.78 is 0. The Morgan fingerprint density at radius 1 is 0.857 bits per heavy atom. The Morgan fingerprint density at radius 3 is 1.76 bits per heavy atom. The fourth-order valence-corrected chi connectivity index (χ4v) is 2.37. The molecule has 0 aromatic heterocycles. The smallest absolute Gasteiger partial charge is 0.0194 e. The molecule has 1 atom stereocenters. The zero-order valence-electron chi connectivity index (χ0n) is 14.7. The lowest BCUT2D eigenvalue weighted by Crippen LogP contribution is -1.77. The van der Waals surface area contributed by atoms with Crippen LogP contribution >= 0.6 is 0 Å². The van der Waals surface area contributed by atoms with Crippen LogP contribution in [0, 0.1) is 5.92 Å². The van der Waals surface area contributed by atoms with E-state index in [0.29, 0.717) is 0 Å². The van der Waals surface area contributed by atoms with E-state index in [1.165, 1.54) is 77.0 Å². The zero-order chi connectivity index (χ0) is 15.8. The molecule has 0 saturated heterocycles. The molecule has 0 heteroatoms. The minimum Gasteiger partial charge on any atom is -0.103 e. The molecule has 0 amide bonds. The molecule has 0 heterocycles. The number of hydrogen-bond acceptors (Lipinski definition) is 0. The van der Waals surface area contributed by atoms with E-state index in [1.54, 1.807) is 5.57 Å². The second kappa shape index (κ2) is 15.6. The summed E-state index contributed by atoms with van der Waals surface area (Å²) >= 11 is 0. The largest absolute Gasteiger partial charge is 0.103 e. The van der Waals surface area contributed by atoms with Gasteiger partial charge in [0.05, 0.1) is 0 Å². The molecule has 0 nitrogen and oxygen atoms in total. The first-order valence-electron chi connectivity index (χ1n) is 9.16. The van der Waals surface area contributed by atoms with Crippen LogP contribution in [0.15, 0.2) is 37.0 Å². The van der Waals surface area contributed by atoms with Gasteiger partial charge in [0, 0.05) is 0 Å². The zero-order valence-corrected chi connectivity index (χ0v) is 14.7. The Kier molecular flexibility index (Phi) is 15.0. The minimum atomic E-state index is 0.932. The van der Waals surface area contributed by atoms with Crippen LogP contribution in [0.1, 0.15) is 90.9 Å². The molecule has 0 aromatic rings. The third kappa shape index (κ3) is 15.4. The Balaban J connectivity index is 0.000000382. The van der Waals surface area contributed by atoms with Gasteiger partial charge in [0.15, 0.2) is 0 Å². The molecule has 0 aliphatic heterocycles. The fourth-order valence-electron chi connectivity index (χ4n) is 2.37. The van der Waals surface area contributed by atoms with Gasteiger partial charge in [-0.25, -0.2) is 0 Å². The van der Waals surface area contributed by atoms with Crippen LogP contribution in [0.5, 0.6) is 0 Å². The normalized spacial score (nSPS) is 18.0. The van der Waals surface area contributed by atoms with Gasteiger partial charge in [-0.1, -0.05) is 69.8 Å². The van der Waals surface area contributed by atoms with Gasteiger partial charge in [0.25, 0.3) is 0 Å². The first-order valence-corrected chi connectivity index (χ1v) is 9.16. The van der Waals surface area contributed by atoms with Crippen molar-refractivity contribution in [1.29, 1.82) is 0 Å². The quantitative estimate of drug-likeness (QED) is 0.256. The SMILES string of the molecule is C=CCCCCCCCC=C.CCCCCC=C1CC1C. The fraction of sp³-hybridized carbons (Fsp3) is 0.714. The summed E-state index contributed by atoms with van der Waals surface area (Å²) in [4.78, 5) is 0. The Bertz CT molecular complexity index is 260. The average Bonchev–Trinajstić information content (AvgIpc) is 3.19. The van der Waals surface area contributed by atoms with Crippen LogP contribution < -0.4 is 0 Å². The molecule has 21 heavy (non-hydrogen) atoms. The summed E-state index contributed by atoms with van der Waals surface area (Å²) in [6.45, 7) is 12.0. The van der Waals surface area contributed by atoms with Crippen molar-refractivity contribution in [1.82, 2.24) is 0 Å². The lowest BCUT2D eigenvalue weighted by Gasteiger charge is -1.97. The topological polar surface area (TPSA) is 0 Å². The highest BCUT2D eigenvalue weighted by atomic mass is 14.3. The van der Waals surface area contributed by atoms with E-state index in [4.69, 9.17) is 0 Å². The van der Waals surface area contributed by atoms with Gasteiger partial charge in [-0.15, -0.1) is 13.2 Å². The molecule has 1 fully saturated rings. The first-order chi connectivity index (χ1) is 10.3. The standard InChI is InChI=1S/C11H20.C10H18/c1-3-5-7-9-11-10-8-6-4-2;1-3-4-5-6-7-10-8-9(10)2/h3-4H,1-2,5-11H2;7,9H,3-6,8H2,1-2H3. The molecule has 122 valence electrons. The van der Waals surface area contributed by atoms with Gasteiger partial charge in [0.2, 0.25) is 0 Å². The van der Waals surface area contributed by atoms with E-state index in [2.05, 4.69) is 33.1 Å². The third-order valence-corrected chi connectivity index (χ3v) is 4.05. The molecule has 0 radical (unpaired) electrons. The summed E-state index contributed by atoms with van der Waals surface area (Å²) in [7, 11) is 0. The monoisotopic (exact) mass is 290 g/mol. The van der Waals surface area contributed by atoms with E-state index in [-0.39, 0.29) is 0 Å². The second-order valence-electron chi connectivity index (χ2n) is 6.30. The summed E-state index contributed by atoms with van der Waals surface area (Å²) in [5.41, 5.74) is 1.70. The van der Waals surface area contributed by atoms with Gasteiger partial charge in [-0.3, -0.25) is 0 Å². The van der Waals surface area contributed by atoms with Crippen molar-refractivity contribution in [3.8, 4) is 0 Å². The molecular weight excluding hydrogens is 252 g/mol. The van der Waals surface area contributed by atoms with E-state index < -0.39 is 0 Å². The van der Waals surface area contributed by atoms with E-state index in [9.17, 15) is 0 Å². The molecule has 0 aromatic carbocycles. The summed E-state index contributed by atoms with van der Waals surface area (Å²) in [6.07, 6.45) is 22.4. The van der Waals surface area contributed by atoms with Crippen LogP contribution in [-0.4, -0.2) is 0 Å². The van der Waals surface area contributed by atoms with Gasteiger partial charge >= 0.3 is 0 Å². The number of unbranched alkanes of at least 4 members (excludes halogenated alkanes) is 9. The molecule has 0 spiro atoms. The van der Waals surface area contributed by atoms with Gasteiger partial charge in [-0.2, -0.15) is 0 Å². The molecule has 1 aliphatic carbocycles. The highest BCUT2D eigenvalue weighted by molar-refractivity contribution is 5.21. The molecule has 1 saturated carbocycles. The second-order valence-corrected chi connectivity index (χ2v) is 6.30. The van der Waals surface area contributed by atoms with Crippen molar-refractivity contribution in [2.45, 2.75) is 90.9 Å². The summed E-state index contributed by atoms with van der Waals surface area (Å²) in [5, 5.41) is 0. The van der Waals surface area contributed by atoms with Gasteiger partial charge < -0.3 is 0 Å². The maximum Gasteiger partial charge on any atom is -0.0194 e. The molecule has 0 N–H and O–H groups in total. The number of rotatable bonds is 12. The lowest BCUT2D eigenvalue weighted by atomic mass is 10.1. The van der Waals surface area contributed by atoms with Crippen molar-refractivity contribution >= 4 is 0 Å². The van der Waals surface area contributed by atoms with E-state index in [1.807, 2.05) is 12.2 Å². The molecule has 1 rings (SSSR count). The Hall–Kier alpha value is -0.780. The molecule has 0 bridgehead atoms. The van der Waals surface area contributed by atoms with Crippen LogP contribution in [0.25, 0.3) is 0 Å². The van der Waals surface area contributed by atoms with E-state index in [0.717, 1.165) is 5.92 Å². The van der Waals surface area contributed by atoms with Crippen LogP contribution in [0.4, 0.5) is 0 Å². The molecule has 1 aliphatic rings. The predicted molar refractivity (Wildman–Crippen MR) is 98.7 cm³/mol. The van der Waals surface area contributed by atoms with Gasteiger partial charge in [-0.05, 0) is 50.9 Å². The maximum absolute atomic E-state index is 3.69. The Labute approximate surface area is 134 Å². The molecular formula is C21H38. The summed E-state index contributed by atoms with van der Waals surface area (Å²) in [5.74, 6) is 0.932. The lowest BCUT2D eigenvalue weighted by molar-refractivity contribution is 0.622. The highest BCUT2D eigenvalue weighted by Gasteiger charge is 2.22. The van der Waals surface area contributed by atoms with Crippen molar-refractivity contribution in [2.24, 2.45) is 5.92 Å². The minimum absolute atomic E-state index is 0.932. The van der Waals surface area contributed by atoms with Gasteiger partial charge in [0.1, 0.15) is 0 Å². The Morgan fingerprint density at radius 2 is 1.33 bits per heavy atom. The van der Waals surface area contributed by atoms with Crippen molar-refractivity contribution in [2.75, 3.05) is 0 Å². The van der Waals surface area contributed by atoms with Crippen LogP contribution in [0.2, 0.25) is 0 Å². The predicted octanol–water partition coefficient (Wildman–Crippen LogP) is 7.62. The average molecular weight is 291 g/mol. The summed E-state index contributed by atoms with van der Waals surface area (Å²) in [6, 6.07) is 0. The maximum atomic E-state index is 3.69. The van der Waals surface area contributed by atoms with Crippen molar-refractivity contribution < 1.29 is 0 Å².